The van der Waals surface area contributed by atoms with Crippen molar-refractivity contribution in [3.05, 3.63) is 34.6 Å². The smallest absolute Gasteiger partial charge is 0.125 e. The van der Waals surface area contributed by atoms with Gasteiger partial charge in [-0.3, -0.25) is 4.90 Å². The number of benzene rings is 1. The van der Waals surface area contributed by atoms with Gasteiger partial charge in [0.2, 0.25) is 0 Å². The van der Waals surface area contributed by atoms with Gasteiger partial charge in [-0.15, -0.1) is 0 Å². The molecule has 2 rings (SSSR count). The van der Waals surface area contributed by atoms with Crippen molar-refractivity contribution in [3.63, 3.8) is 0 Å². The summed E-state index contributed by atoms with van der Waals surface area (Å²) in [5, 5.41) is 0.430. The van der Waals surface area contributed by atoms with E-state index in [0.717, 1.165) is 24.4 Å². The highest BCUT2D eigenvalue weighted by molar-refractivity contribution is 8.00. The second-order valence-electron chi connectivity index (χ2n) is 5.53. The molecule has 106 valence electrons. The van der Waals surface area contributed by atoms with Crippen molar-refractivity contribution < 1.29 is 4.39 Å². The summed E-state index contributed by atoms with van der Waals surface area (Å²) in [7, 11) is 0. The third kappa shape index (κ3) is 3.85. The van der Waals surface area contributed by atoms with E-state index in [0.29, 0.717) is 11.6 Å². The van der Waals surface area contributed by atoms with Crippen LogP contribution in [-0.4, -0.2) is 35.0 Å². The Hall–Kier alpha value is -0.290. The summed E-state index contributed by atoms with van der Waals surface area (Å²) in [6, 6.07) is 4.72. The van der Waals surface area contributed by atoms with E-state index in [1.807, 2.05) is 17.8 Å². The second kappa shape index (κ2) is 6.00. The van der Waals surface area contributed by atoms with Crippen LogP contribution in [0.4, 0.5) is 4.39 Å². The Morgan fingerprint density at radius 1 is 1.47 bits per heavy atom. The fourth-order valence-corrected chi connectivity index (χ4v) is 3.95. The van der Waals surface area contributed by atoms with Gasteiger partial charge in [0.05, 0.1) is 0 Å². The summed E-state index contributed by atoms with van der Waals surface area (Å²) in [4.78, 5) is 2.33. The largest absolute Gasteiger partial charge is 0.329 e. The van der Waals surface area contributed by atoms with Crippen molar-refractivity contribution in [1.82, 2.24) is 4.90 Å². The van der Waals surface area contributed by atoms with Gasteiger partial charge in [-0.25, -0.2) is 4.39 Å². The van der Waals surface area contributed by atoms with Gasteiger partial charge in [-0.1, -0.05) is 11.6 Å². The van der Waals surface area contributed by atoms with Crippen molar-refractivity contribution in [2.75, 3.05) is 25.4 Å². The lowest BCUT2D eigenvalue weighted by molar-refractivity contribution is 0.192. The van der Waals surface area contributed by atoms with E-state index in [1.165, 1.54) is 12.1 Å². The van der Waals surface area contributed by atoms with Crippen molar-refractivity contribution in [2.45, 2.75) is 24.6 Å². The number of nitrogens with zero attached hydrogens (tertiary/aromatic N) is 1. The number of thioether (sulfide) groups is 1. The first-order chi connectivity index (χ1) is 8.91. The van der Waals surface area contributed by atoms with E-state index in [1.54, 1.807) is 0 Å². The molecule has 1 heterocycles. The predicted molar refractivity (Wildman–Crippen MR) is 81.3 cm³/mol. The molecular formula is C14H20ClFN2S. The maximum Gasteiger partial charge on any atom is 0.125 e. The Morgan fingerprint density at radius 3 is 2.79 bits per heavy atom. The van der Waals surface area contributed by atoms with Crippen LogP contribution in [0.2, 0.25) is 5.02 Å². The lowest BCUT2D eigenvalue weighted by Gasteiger charge is -2.41. The van der Waals surface area contributed by atoms with Crippen LogP contribution in [0.25, 0.3) is 0 Å². The third-order valence-corrected chi connectivity index (χ3v) is 4.90. The van der Waals surface area contributed by atoms with Crippen LogP contribution in [0.5, 0.6) is 0 Å². The molecule has 1 saturated heterocycles. The summed E-state index contributed by atoms with van der Waals surface area (Å²) in [5.41, 5.74) is 6.78. The third-order valence-electron chi connectivity index (χ3n) is 3.39. The van der Waals surface area contributed by atoms with Crippen LogP contribution in [0.15, 0.2) is 18.2 Å². The Kier molecular flexibility index (Phi) is 4.77. The van der Waals surface area contributed by atoms with E-state index in [4.69, 9.17) is 17.3 Å². The molecule has 1 unspecified atom stereocenters. The number of halogens is 2. The molecule has 0 aromatic heterocycles. The van der Waals surface area contributed by atoms with Gasteiger partial charge < -0.3 is 5.73 Å². The number of nitrogens with two attached hydrogens (primary N) is 1. The van der Waals surface area contributed by atoms with E-state index < -0.39 is 0 Å². The van der Waals surface area contributed by atoms with Crippen LogP contribution in [-0.2, 0) is 0 Å². The molecule has 0 bridgehead atoms. The Morgan fingerprint density at radius 2 is 2.21 bits per heavy atom. The topological polar surface area (TPSA) is 29.3 Å². The number of hydrogen-bond acceptors (Lipinski definition) is 3. The van der Waals surface area contributed by atoms with Gasteiger partial charge in [-0.05, 0) is 37.6 Å². The van der Waals surface area contributed by atoms with E-state index >= 15 is 0 Å². The van der Waals surface area contributed by atoms with Crippen LogP contribution in [0.3, 0.4) is 0 Å². The molecule has 0 amide bonds. The minimum absolute atomic E-state index is 0.0355. The zero-order valence-electron chi connectivity index (χ0n) is 11.3. The highest BCUT2D eigenvalue weighted by Gasteiger charge is 2.31. The van der Waals surface area contributed by atoms with Gasteiger partial charge >= 0.3 is 0 Å². The Balaban J connectivity index is 2.23. The normalized spacial score (nSPS) is 21.3. The van der Waals surface area contributed by atoms with Crippen molar-refractivity contribution >= 4 is 23.4 Å². The molecule has 0 saturated carbocycles. The monoisotopic (exact) mass is 302 g/mol. The van der Waals surface area contributed by atoms with Crippen LogP contribution >= 0.6 is 23.4 Å². The summed E-state index contributed by atoms with van der Waals surface area (Å²) in [6.07, 6.45) is 0. The van der Waals surface area contributed by atoms with Gasteiger partial charge in [-0.2, -0.15) is 11.8 Å². The molecule has 0 radical (unpaired) electrons. The average Bonchev–Trinajstić information content (AvgIpc) is 2.27. The van der Waals surface area contributed by atoms with Crippen LogP contribution < -0.4 is 5.73 Å². The van der Waals surface area contributed by atoms with E-state index in [-0.39, 0.29) is 16.6 Å². The van der Waals surface area contributed by atoms with Crippen molar-refractivity contribution in [2.24, 2.45) is 5.73 Å². The van der Waals surface area contributed by atoms with Gasteiger partial charge in [0.25, 0.3) is 0 Å². The molecule has 2 nitrogen and oxygen atoms in total. The highest BCUT2D eigenvalue weighted by Crippen LogP contribution is 2.34. The quantitative estimate of drug-likeness (QED) is 0.929. The van der Waals surface area contributed by atoms with Gasteiger partial charge in [0.15, 0.2) is 0 Å². The zero-order valence-corrected chi connectivity index (χ0v) is 12.9. The Bertz CT molecular complexity index is 433. The molecule has 1 atom stereocenters. The first kappa shape index (κ1) is 15.1. The molecule has 0 aliphatic carbocycles. The molecule has 0 spiro atoms. The minimum Gasteiger partial charge on any atom is -0.329 e. The molecule has 1 aliphatic heterocycles. The molecule has 1 aliphatic rings. The molecule has 5 heteroatoms. The molecule has 1 fully saturated rings. The van der Waals surface area contributed by atoms with Crippen LogP contribution in [0.1, 0.15) is 25.5 Å². The predicted octanol–water partition coefficient (Wildman–Crippen LogP) is 3.31. The first-order valence-electron chi connectivity index (χ1n) is 6.45. The standard InChI is InChI=1S/C14H20ClFN2S/c1-14(2)9-18(3-4-19-14)13(8-17)10-5-11(15)7-12(16)6-10/h5-7,13H,3-4,8-9,17H2,1-2H3. The molecule has 19 heavy (non-hydrogen) atoms. The minimum atomic E-state index is -0.299. The average molecular weight is 303 g/mol. The first-order valence-corrected chi connectivity index (χ1v) is 7.82. The fourth-order valence-electron chi connectivity index (χ4n) is 2.58. The molecular weight excluding hydrogens is 283 g/mol. The second-order valence-corrected chi connectivity index (χ2v) is 7.77. The summed E-state index contributed by atoms with van der Waals surface area (Å²) in [5.74, 6) is 0.776. The lowest BCUT2D eigenvalue weighted by Crippen LogP contribution is -2.46. The molecule has 1 aromatic carbocycles. The fraction of sp³-hybridized carbons (Fsp3) is 0.571. The maximum absolute atomic E-state index is 13.5. The summed E-state index contributed by atoms with van der Waals surface area (Å²) >= 11 is 7.91. The van der Waals surface area contributed by atoms with Gasteiger partial charge in [0.1, 0.15) is 5.82 Å². The van der Waals surface area contributed by atoms with Crippen LogP contribution in [0, 0.1) is 5.82 Å². The Labute approximate surface area is 123 Å². The maximum atomic E-state index is 13.5. The molecule has 1 aromatic rings. The number of rotatable bonds is 3. The van der Waals surface area contributed by atoms with Crippen molar-refractivity contribution in [3.8, 4) is 0 Å². The lowest BCUT2D eigenvalue weighted by atomic mass is 10.0. The SMILES string of the molecule is CC1(C)CN(C(CN)c2cc(F)cc(Cl)c2)CCS1. The number of hydrogen-bond donors (Lipinski definition) is 1. The summed E-state index contributed by atoms with van der Waals surface area (Å²) in [6.45, 7) is 6.87. The highest BCUT2D eigenvalue weighted by atomic mass is 35.5. The van der Waals surface area contributed by atoms with E-state index in [2.05, 4.69) is 18.7 Å². The van der Waals surface area contributed by atoms with E-state index in [9.17, 15) is 4.39 Å². The van der Waals surface area contributed by atoms with Gasteiger partial charge in [0, 0.05) is 41.2 Å². The summed E-state index contributed by atoms with van der Waals surface area (Å²) < 4.78 is 13.7. The van der Waals surface area contributed by atoms with Crippen molar-refractivity contribution in [1.29, 1.82) is 0 Å². The molecule has 2 N–H and O–H groups in total. The zero-order chi connectivity index (χ0) is 14.0.